The van der Waals surface area contributed by atoms with Crippen molar-refractivity contribution in [3.05, 3.63) is 30.3 Å². The van der Waals surface area contributed by atoms with Crippen LogP contribution in [0.25, 0.3) is 11.4 Å². The predicted molar refractivity (Wildman–Crippen MR) is 75.5 cm³/mol. The van der Waals surface area contributed by atoms with Crippen molar-refractivity contribution in [2.24, 2.45) is 5.92 Å². The summed E-state index contributed by atoms with van der Waals surface area (Å²) in [6.45, 7) is 3.04. The van der Waals surface area contributed by atoms with Gasteiger partial charge in [0.25, 0.3) is 0 Å². The Labute approximate surface area is 113 Å². The molecule has 1 unspecified atom stereocenters. The summed E-state index contributed by atoms with van der Waals surface area (Å²) in [6.07, 6.45) is 2.19. The highest BCUT2D eigenvalue weighted by molar-refractivity contribution is 7.80. The predicted octanol–water partition coefficient (Wildman–Crippen LogP) is 2.69. The van der Waals surface area contributed by atoms with E-state index in [1.54, 1.807) is 4.80 Å². The van der Waals surface area contributed by atoms with Gasteiger partial charge >= 0.3 is 0 Å². The molecule has 5 heteroatoms. The third kappa shape index (κ3) is 3.57. The number of aromatic nitrogens is 4. The summed E-state index contributed by atoms with van der Waals surface area (Å²) in [5, 5.41) is 12.5. The molecule has 1 atom stereocenters. The Balaban J connectivity index is 1.95. The van der Waals surface area contributed by atoms with Crippen LogP contribution in [-0.4, -0.2) is 26.0 Å². The maximum atomic E-state index is 4.39. The molecule has 1 aromatic carbocycles. The molecule has 0 amide bonds. The van der Waals surface area contributed by atoms with Crippen LogP contribution < -0.4 is 0 Å². The van der Waals surface area contributed by atoms with Gasteiger partial charge in [-0.25, -0.2) is 0 Å². The van der Waals surface area contributed by atoms with Crippen LogP contribution in [0.5, 0.6) is 0 Å². The Morgan fingerprint density at radius 1 is 1.22 bits per heavy atom. The Morgan fingerprint density at radius 2 is 2.00 bits per heavy atom. The number of hydrogen-bond acceptors (Lipinski definition) is 4. The fourth-order valence-corrected chi connectivity index (χ4v) is 2.18. The maximum Gasteiger partial charge on any atom is 0.204 e. The Bertz CT molecular complexity index is 469. The summed E-state index contributed by atoms with van der Waals surface area (Å²) in [6, 6.07) is 9.92. The largest absolute Gasteiger partial charge is 0.204 e. The number of aryl methyl sites for hydroxylation is 1. The van der Waals surface area contributed by atoms with Crippen molar-refractivity contribution in [3.63, 3.8) is 0 Å². The van der Waals surface area contributed by atoms with E-state index in [-0.39, 0.29) is 0 Å². The van der Waals surface area contributed by atoms with Gasteiger partial charge in [-0.05, 0) is 29.7 Å². The van der Waals surface area contributed by atoms with Crippen molar-refractivity contribution in [2.75, 3.05) is 5.75 Å². The topological polar surface area (TPSA) is 43.6 Å². The first-order valence-electron chi connectivity index (χ1n) is 6.23. The molecule has 0 aliphatic carbocycles. The second-order valence-electron chi connectivity index (χ2n) is 4.48. The van der Waals surface area contributed by atoms with E-state index in [4.69, 9.17) is 0 Å². The molecule has 0 spiro atoms. The molecule has 0 bridgehead atoms. The number of rotatable bonds is 6. The quantitative estimate of drug-likeness (QED) is 0.814. The molecule has 0 saturated heterocycles. The summed E-state index contributed by atoms with van der Waals surface area (Å²) in [4.78, 5) is 1.68. The van der Waals surface area contributed by atoms with Crippen LogP contribution in [0.1, 0.15) is 19.8 Å². The summed E-state index contributed by atoms with van der Waals surface area (Å²) in [7, 11) is 0. The van der Waals surface area contributed by atoms with Gasteiger partial charge in [-0.15, -0.1) is 10.2 Å². The van der Waals surface area contributed by atoms with Crippen molar-refractivity contribution in [2.45, 2.75) is 26.3 Å². The van der Waals surface area contributed by atoms with Gasteiger partial charge in [0.15, 0.2) is 0 Å². The minimum absolute atomic E-state index is 0.647. The van der Waals surface area contributed by atoms with E-state index in [0.29, 0.717) is 11.7 Å². The molecule has 0 fully saturated rings. The van der Waals surface area contributed by atoms with Gasteiger partial charge < -0.3 is 0 Å². The zero-order chi connectivity index (χ0) is 12.8. The van der Waals surface area contributed by atoms with Gasteiger partial charge in [0, 0.05) is 5.56 Å². The van der Waals surface area contributed by atoms with Crippen molar-refractivity contribution in [3.8, 4) is 11.4 Å². The molecule has 2 rings (SSSR count). The van der Waals surface area contributed by atoms with Crippen LogP contribution in [-0.2, 0) is 6.54 Å². The molecular formula is C13H18N4S. The second kappa shape index (κ2) is 6.54. The molecule has 1 heterocycles. The average molecular weight is 262 g/mol. The minimum Gasteiger partial charge on any atom is -0.179 e. The molecule has 2 aromatic rings. The van der Waals surface area contributed by atoms with Gasteiger partial charge in [-0.2, -0.15) is 17.4 Å². The van der Waals surface area contributed by atoms with Gasteiger partial charge in [-0.3, -0.25) is 0 Å². The number of thiol groups is 1. The first-order valence-corrected chi connectivity index (χ1v) is 6.87. The molecule has 0 saturated carbocycles. The summed E-state index contributed by atoms with van der Waals surface area (Å²) < 4.78 is 0. The monoisotopic (exact) mass is 262 g/mol. The lowest BCUT2D eigenvalue weighted by atomic mass is 10.1. The molecule has 0 radical (unpaired) electrons. The van der Waals surface area contributed by atoms with Gasteiger partial charge in [-0.1, -0.05) is 37.3 Å². The van der Waals surface area contributed by atoms with Crippen LogP contribution in [0, 0.1) is 5.92 Å². The van der Waals surface area contributed by atoms with Gasteiger partial charge in [0.2, 0.25) is 5.82 Å². The van der Waals surface area contributed by atoms with Gasteiger partial charge in [0.05, 0.1) is 6.54 Å². The van der Waals surface area contributed by atoms with E-state index in [1.165, 1.54) is 0 Å². The SMILES string of the molecule is CC(CCS)CCn1nnc(-c2ccccc2)n1. The number of benzene rings is 1. The molecule has 4 nitrogen and oxygen atoms in total. The lowest BCUT2D eigenvalue weighted by Gasteiger charge is -2.07. The summed E-state index contributed by atoms with van der Waals surface area (Å²) in [5.74, 6) is 2.27. The molecule has 0 N–H and O–H groups in total. The van der Waals surface area contributed by atoms with E-state index in [1.807, 2.05) is 30.3 Å². The van der Waals surface area contributed by atoms with E-state index in [0.717, 1.165) is 30.7 Å². The highest BCUT2D eigenvalue weighted by Gasteiger charge is 2.06. The van der Waals surface area contributed by atoms with E-state index in [9.17, 15) is 0 Å². The van der Waals surface area contributed by atoms with Crippen molar-refractivity contribution in [1.82, 2.24) is 20.2 Å². The summed E-state index contributed by atoms with van der Waals surface area (Å²) >= 11 is 4.24. The Kier molecular flexibility index (Phi) is 4.75. The molecular weight excluding hydrogens is 244 g/mol. The fourth-order valence-electron chi connectivity index (χ4n) is 1.74. The molecule has 96 valence electrons. The van der Waals surface area contributed by atoms with E-state index in [2.05, 4.69) is 35.0 Å². The standard InChI is InChI=1S/C13H18N4S/c1-11(8-10-18)7-9-17-15-13(14-16-17)12-5-3-2-4-6-12/h2-6,11,18H,7-10H2,1H3. The first-order chi connectivity index (χ1) is 8.79. The fraction of sp³-hybridized carbons (Fsp3) is 0.462. The maximum absolute atomic E-state index is 4.39. The van der Waals surface area contributed by atoms with Gasteiger partial charge in [0.1, 0.15) is 0 Å². The molecule has 1 aromatic heterocycles. The second-order valence-corrected chi connectivity index (χ2v) is 4.93. The average Bonchev–Trinajstić information content (AvgIpc) is 2.87. The lowest BCUT2D eigenvalue weighted by Crippen LogP contribution is -2.07. The smallest absolute Gasteiger partial charge is 0.179 e. The number of hydrogen-bond donors (Lipinski definition) is 1. The van der Waals surface area contributed by atoms with E-state index >= 15 is 0 Å². The highest BCUT2D eigenvalue weighted by Crippen LogP contribution is 2.13. The summed E-state index contributed by atoms with van der Waals surface area (Å²) in [5.41, 5.74) is 1.01. The number of tetrazole rings is 1. The van der Waals surface area contributed by atoms with Crippen LogP contribution in [0.3, 0.4) is 0 Å². The van der Waals surface area contributed by atoms with Crippen molar-refractivity contribution < 1.29 is 0 Å². The van der Waals surface area contributed by atoms with Crippen LogP contribution >= 0.6 is 12.6 Å². The first kappa shape index (κ1) is 13.1. The van der Waals surface area contributed by atoms with Crippen LogP contribution in [0.2, 0.25) is 0 Å². The molecule has 18 heavy (non-hydrogen) atoms. The van der Waals surface area contributed by atoms with Crippen molar-refractivity contribution in [1.29, 1.82) is 0 Å². The highest BCUT2D eigenvalue weighted by atomic mass is 32.1. The Morgan fingerprint density at radius 3 is 2.72 bits per heavy atom. The zero-order valence-corrected chi connectivity index (χ0v) is 11.4. The third-order valence-electron chi connectivity index (χ3n) is 2.93. The normalized spacial score (nSPS) is 12.6. The van der Waals surface area contributed by atoms with Crippen LogP contribution in [0.4, 0.5) is 0 Å². The van der Waals surface area contributed by atoms with Crippen molar-refractivity contribution >= 4 is 12.6 Å². The van der Waals surface area contributed by atoms with E-state index < -0.39 is 0 Å². The number of nitrogens with zero attached hydrogens (tertiary/aromatic N) is 4. The lowest BCUT2D eigenvalue weighted by molar-refractivity contribution is 0.418. The van der Waals surface area contributed by atoms with Crippen LogP contribution in [0.15, 0.2) is 30.3 Å². The molecule has 0 aliphatic heterocycles. The zero-order valence-electron chi connectivity index (χ0n) is 10.5. The molecule has 0 aliphatic rings. The Hall–Kier alpha value is -1.36. The third-order valence-corrected chi connectivity index (χ3v) is 3.19. The minimum atomic E-state index is 0.647.